The van der Waals surface area contributed by atoms with Crippen LogP contribution < -0.4 is 10.6 Å². The summed E-state index contributed by atoms with van der Waals surface area (Å²) >= 11 is 0. The lowest BCUT2D eigenvalue weighted by Crippen LogP contribution is -2.40. The van der Waals surface area contributed by atoms with E-state index in [1.54, 1.807) is 0 Å². The first-order valence-corrected chi connectivity index (χ1v) is 6.49. The lowest BCUT2D eigenvalue weighted by Gasteiger charge is -2.16. The van der Waals surface area contributed by atoms with Crippen molar-refractivity contribution in [3.8, 4) is 0 Å². The van der Waals surface area contributed by atoms with E-state index in [-0.39, 0.29) is 0 Å². The summed E-state index contributed by atoms with van der Waals surface area (Å²) in [4.78, 5) is 6.58. The van der Waals surface area contributed by atoms with Gasteiger partial charge in [-0.2, -0.15) is 0 Å². The van der Waals surface area contributed by atoms with Gasteiger partial charge in [-0.15, -0.1) is 0 Å². The summed E-state index contributed by atoms with van der Waals surface area (Å²) in [5.41, 5.74) is 2.64. The predicted molar refractivity (Wildman–Crippen MR) is 75.6 cm³/mol. The lowest BCUT2D eigenvalue weighted by molar-refractivity contribution is 0.402. The molecule has 4 heteroatoms. The number of nitrogens with one attached hydrogen (secondary N) is 2. The van der Waals surface area contributed by atoms with Gasteiger partial charge in [0.15, 0.2) is 5.96 Å². The van der Waals surface area contributed by atoms with E-state index in [0.717, 1.165) is 38.6 Å². The molecule has 2 N–H and O–H groups in total. The van der Waals surface area contributed by atoms with Crippen LogP contribution in [0.3, 0.4) is 0 Å². The van der Waals surface area contributed by atoms with Crippen molar-refractivity contribution in [3.63, 3.8) is 0 Å². The molecule has 1 aromatic carbocycles. The van der Waals surface area contributed by atoms with Crippen molar-refractivity contribution in [3.05, 3.63) is 35.4 Å². The molecule has 0 saturated heterocycles. The van der Waals surface area contributed by atoms with Crippen molar-refractivity contribution in [2.75, 3.05) is 27.2 Å². The summed E-state index contributed by atoms with van der Waals surface area (Å²) in [5.74, 6) is 0.930. The van der Waals surface area contributed by atoms with Crippen molar-refractivity contribution >= 4 is 5.96 Å². The van der Waals surface area contributed by atoms with E-state index in [4.69, 9.17) is 0 Å². The molecule has 0 spiro atoms. The normalized spacial score (nSPS) is 15.2. The average molecular weight is 246 g/mol. The monoisotopic (exact) mass is 246 g/mol. The molecule has 0 radical (unpaired) electrons. The lowest BCUT2D eigenvalue weighted by atomic mass is 10.1. The van der Waals surface area contributed by atoms with E-state index >= 15 is 0 Å². The zero-order chi connectivity index (χ0) is 12.8. The van der Waals surface area contributed by atoms with Gasteiger partial charge in [0, 0.05) is 26.2 Å². The summed E-state index contributed by atoms with van der Waals surface area (Å²) in [7, 11) is 4.18. The van der Waals surface area contributed by atoms with Gasteiger partial charge < -0.3 is 15.5 Å². The first kappa shape index (κ1) is 12.9. The number of benzene rings is 1. The topological polar surface area (TPSA) is 39.7 Å². The third-order valence-electron chi connectivity index (χ3n) is 2.85. The zero-order valence-electron chi connectivity index (χ0n) is 11.2. The number of rotatable bonds is 4. The first-order valence-electron chi connectivity index (χ1n) is 6.49. The molecule has 0 fully saturated rings. The van der Waals surface area contributed by atoms with E-state index in [2.05, 4.69) is 58.9 Å². The Morgan fingerprint density at radius 3 is 2.89 bits per heavy atom. The van der Waals surface area contributed by atoms with E-state index in [1.807, 2.05) is 0 Å². The van der Waals surface area contributed by atoms with Crippen molar-refractivity contribution in [1.29, 1.82) is 0 Å². The molecule has 2 rings (SSSR count). The van der Waals surface area contributed by atoms with Gasteiger partial charge in [-0.25, -0.2) is 0 Å². The Morgan fingerprint density at radius 2 is 2.17 bits per heavy atom. The predicted octanol–water partition coefficient (Wildman–Crippen LogP) is 1.19. The molecule has 1 aromatic rings. The standard InChI is InChI=1S/C14H22N4/c1-18(2)11-13-6-3-5-12(9-13)10-17-14-15-7-4-8-16-14/h3,5-6,9H,4,7-8,10-11H2,1-2H3,(H2,15,16,17). The van der Waals surface area contributed by atoms with Gasteiger partial charge in [-0.1, -0.05) is 24.3 Å². The zero-order valence-corrected chi connectivity index (χ0v) is 11.2. The van der Waals surface area contributed by atoms with Crippen LogP contribution in [0.15, 0.2) is 29.3 Å². The fourth-order valence-corrected chi connectivity index (χ4v) is 2.04. The van der Waals surface area contributed by atoms with Gasteiger partial charge in [0.1, 0.15) is 0 Å². The number of guanidine groups is 1. The van der Waals surface area contributed by atoms with E-state index in [1.165, 1.54) is 11.1 Å². The Labute approximate surface area is 109 Å². The number of hydrogen-bond donors (Lipinski definition) is 2. The minimum absolute atomic E-state index is 0.826. The van der Waals surface area contributed by atoms with Crippen LogP contribution in [0.25, 0.3) is 0 Å². The van der Waals surface area contributed by atoms with Crippen LogP contribution in [0.4, 0.5) is 0 Å². The van der Waals surface area contributed by atoms with Gasteiger partial charge in [0.05, 0.1) is 0 Å². The summed E-state index contributed by atoms with van der Waals surface area (Å²) in [6, 6.07) is 8.68. The number of aliphatic imine (C=N–C) groups is 1. The highest BCUT2D eigenvalue weighted by Gasteiger charge is 2.03. The molecular formula is C14H22N4. The molecular weight excluding hydrogens is 224 g/mol. The maximum Gasteiger partial charge on any atom is 0.191 e. The number of hydrogen-bond acceptors (Lipinski definition) is 4. The fraction of sp³-hybridized carbons (Fsp3) is 0.500. The maximum atomic E-state index is 4.40. The SMILES string of the molecule is CN(C)Cc1cccc(CNC2=NCCCN2)c1. The molecule has 1 aliphatic rings. The highest BCUT2D eigenvalue weighted by atomic mass is 15.2. The second kappa shape index (κ2) is 6.40. The molecule has 0 aromatic heterocycles. The van der Waals surface area contributed by atoms with E-state index in [0.29, 0.717) is 0 Å². The molecule has 18 heavy (non-hydrogen) atoms. The van der Waals surface area contributed by atoms with Crippen LogP contribution in [-0.2, 0) is 13.1 Å². The molecule has 0 bridgehead atoms. The second-order valence-electron chi connectivity index (χ2n) is 4.92. The summed E-state index contributed by atoms with van der Waals surface area (Å²) in [5, 5.41) is 6.61. The smallest absolute Gasteiger partial charge is 0.191 e. The highest BCUT2D eigenvalue weighted by molar-refractivity contribution is 5.80. The molecule has 0 atom stereocenters. The van der Waals surface area contributed by atoms with Crippen LogP contribution in [0.2, 0.25) is 0 Å². The number of nitrogens with zero attached hydrogens (tertiary/aromatic N) is 2. The summed E-state index contributed by atoms with van der Waals surface area (Å²) < 4.78 is 0. The molecule has 0 unspecified atom stereocenters. The summed E-state index contributed by atoms with van der Waals surface area (Å²) in [6.45, 7) is 3.75. The average Bonchev–Trinajstić information content (AvgIpc) is 2.37. The quantitative estimate of drug-likeness (QED) is 0.838. The third-order valence-corrected chi connectivity index (χ3v) is 2.85. The fourth-order valence-electron chi connectivity index (χ4n) is 2.04. The van der Waals surface area contributed by atoms with Crippen LogP contribution in [0.1, 0.15) is 17.5 Å². The van der Waals surface area contributed by atoms with Gasteiger partial charge in [0.25, 0.3) is 0 Å². The molecule has 0 aliphatic carbocycles. The van der Waals surface area contributed by atoms with Crippen molar-refractivity contribution in [2.45, 2.75) is 19.5 Å². The van der Waals surface area contributed by atoms with Crippen LogP contribution in [0.5, 0.6) is 0 Å². The third kappa shape index (κ3) is 4.04. The van der Waals surface area contributed by atoms with E-state index in [9.17, 15) is 0 Å². The Kier molecular flexibility index (Phi) is 4.59. The van der Waals surface area contributed by atoms with E-state index < -0.39 is 0 Å². The molecule has 1 heterocycles. The largest absolute Gasteiger partial charge is 0.356 e. The minimum atomic E-state index is 0.826. The molecule has 98 valence electrons. The van der Waals surface area contributed by atoms with Crippen LogP contribution in [0, 0.1) is 0 Å². The minimum Gasteiger partial charge on any atom is -0.356 e. The van der Waals surface area contributed by atoms with Gasteiger partial charge in [-0.05, 0) is 31.6 Å². The summed E-state index contributed by atoms with van der Waals surface area (Å²) in [6.07, 6.45) is 1.13. The molecule has 4 nitrogen and oxygen atoms in total. The Balaban J connectivity index is 1.90. The maximum absolute atomic E-state index is 4.40. The van der Waals surface area contributed by atoms with Crippen molar-refractivity contribution in [2.24, 2.45) is 4.99 Å². The Bertz CT molecular complexity index is 412. The van der Waals surface area contributed by atoms with Crippen molar-refractivity contribution < 1.29 is 0 Å². The van der Waals surface area contributed by atoms with Crippen LogP contribution in [-0.4, -0.2) is 38.0 Å². The van der Waals surface area contributed by atoms with Crippen LogP contribution >= 0.6 is 0 Å². The van der Waals surface area contributed by atoms with Crippen molar-refractivity contribution in [1.82, 2.24) is 15.5 Å². The molecule has 1 aliphatic heterocycles. The highest BCUT2D eigenvalue weighted by Crippen LogP contribution is 2.07. The first-order chi connectivity index (χ1) is 8.74. The van der Waals surface area contributed by atoms with Gasteiger partial charge in [0.2, 0.25) is 0 Å². The Hall–Kier alpha value is -1.55. The van der Waals surface area contributed by atoms with Gasteiger partial charge in [-0.3, -0.25) is 4.99 Å². The van der Waals surface area contributed by atoms with Gasteiger partial charge >= 0.3 is 0 Å². The Morgan fingerprint density at radius 1 is 1.33 bits per heavy atom. The second-order valence-corrected chi connectivity index (χ2v) is 4.92. The molecule has 0 amide bonds. The molecule has 0 saturated carbocycles.